The molecule has 0 aliphatic heterocycles. The quantitative estimate of drug-likeness (QED) is 0.732. The lowest BCUT2D eigenvalue weighted by Gasteiger charge is -2.15. The highest BCUT2D eigenvalue weighted by Crippen LogP contribution is 2.23. The highest BCUT2D eigenvalue weighted by Gasteiger charge is 2.10. The van der Waals surface area contributed by atoms with Gasteiger partial charge < -0.3 is 0 Å². The molecule has 3 aromatic rings. The molecule has 3 rings (SSSR count). The molecule has 0 saturated carbocycles. The summed E-state index contributed by atoms with van der Waals surface area (Å²) in [6, 6.07) is 14.6. The van der Waals surface area contributed by atoms with E-state index in [0.717, 1.165) is 15.2 Å². The van der Waals surface area contributed by atoms with Gasteiger partial charge in [-0.3, -0.25) is 4.90 Å². The molecule has 22 heavy (non-hydrogen) atoms. The summed E-state index contributed by atoms with van der Waals surface area (Å²) >= 11 is 1.66. The third-order valence-corrected chi connectivity index (χ3v) is 4.39. The van der Waals surface area contributed by atoms with Crippen LogP contribution in [0.2, 0.25) is 0 Å². The summed E-state index contributed by atoms with van der Waals surface area (Å²) in [5.41, 5.74) is 1.93. The lowest BCUT2D eigenvalue weighted by atomic mass is 10.1. The number of thiazole rings is 1. The van der Waals surface area contributed by atoms with Crippen molar-refractivity contribution in [3.8, 4) is 6.07 Å². The summed E-state index contributed by atoms with van der Waals surface area (Å²) < 4.78 is 15.1. The second kappa shape index (κ2) is 6.22. The lowest BCUT2D eigenvalue weighted by Crippen LogP contribution is -2.17. The Kier molecular flexibility index (Phi) is 4.14. The van der Waals surface area contributed by atoms with Crippen LogP contribution < -0.4 is 0 Å². The Hall–Kier alpha value is -2.29. The van der Waals surface area contributed by atoms with Gasteiger partial charge in [0.05, 0.1) is 28.4 Å². The SMILES string of the molecule is CN(Cc1nc2ccccc2s1)Cc1ccc(C#N)cc1F. The summed E-state index contributed by atoms with van der Waals surface area (Å²) in [6.45, 7) is 1.15. The van der Waals surface area contributed by atoms with Gasteiger partial charge in [0.25, 0.3) is 0 Å². The summed E-state index contributed by atoms with van der Waals surface area (Å²) in [5.74, 6) is -0.338. The molecule has 0 unspecified atom stereocenters. The number of fused-ring (bicyclic) bond motifs is 1. The summed E-state index contributed by atoms with van der Waals surface area (Å²) in [6.07, 6.45) is 0. The van der Waals surface area contributed by atoms with Gasteiger partial charge in [0.1, 0.15) is 10.8 Å². The fraction of sp³-hybridized carbons (Fsp3) is 0.176. The molecule has 2 aromatic carbocycles. The van der Waals surface area contributed by atoms with Crippen LogP contribution in [0.5, 0.6) is 0 Å². The molecule has 0 fully saturated rings. The molecule has 0 spiro atoms. The third kappa shape index (κ3) is 3.14. The minimum atomic E-state index is -0.338. The summed E-state index contributed by atoms with van der Waals surface area (Å²) in [5, 5.41) is 9.78. The van der Waals surface area contributed by atoms with E-state index >= 15 is 0 Å². The molecular weight excluding hydrogens is 297 g/mol. The molecule has 0 saturated heterocycles. The van der Waals surface area contributed by atoms with E-state index < -0.39 is 0 Å². The molecule has 1 aromatic heterocycles. The second-order valence-electron chi connectivity index (χ2n) is 5.17. The average Bonchev–Trinajstić information content (AvgIpc) is 2.91. The molecule has 0 amide bonds. The lowest BCUT2D eigenvalue weighted by molar-refractivity contribution is 0.313. The molecule has 0 N–H and O–H groups in total. The van der Waals surface area contributed by atoms with Crippen LogP contribution in [-0.4, -0.2) is 16.9 Å². The number of rotatable bonds is 4. The van der Waals surface area contributed by atoms with Gasteiger partial charge in [0.2, 0.25) is 0 Å². The van der Waals surface area contributed by atoms with Crippen LogP contribution in [0.1, 0.15) is 16.1 Å². The third-order valence-electron chi connectivity index (χ3n) is 3.37. The second-order valence-corrected chi connectivity index (χ2v) is 6.28. The number of benzene rings is 2. The van der Waals surface area contributed by atoms with Crippen molar-refractivity contribution in [2.75, 3.05) is 7.05 Å². The fourth-order valence-electron chi connectivity index (χ4n) is 2.31. The van der Waals surface area contributed by atoms with Gasteiger partial charge in [-0.1, -0.05) is 18.2 Å². The van der Waals surface area contributed by atoms with E-state index in [1.54, 1.807) is 23.5 Å². The van der Waals surface area contributed by atoms with Crippen molar-refractivity contribution in [2.24, 2.45) is 0 Å². The molecule has 3 nitrogen and oxygen atoms in total. The zero-order valence-electron chi connectivity index (χ0n) is 12.1. The zero-order chi connectivity index (χ0) is 15.5. The van der Waals surface area contributed by atoms with E-state index in [4.69, 9.17) is 5.26 Å². The Morgan fingerprint density at radius 3 is 2.77 bits per heavy atom. The minimum absolute atomic E-state index is 0.338. The smallest absolute Gasteiger partial charge is 0.129 e. The maximum atomic E-state index is 13.9. The van der Waals surface area contributed by atoms with E-state index in [0.29, 0.717) is 24.2 Å². The van der Waals surface area contributed by atoms with Crippen LogP contribution in [0.25, 0.3) is 10.2 Å². The Morgan fingerprint density at radius 1 is 1.23 bits per heavy atom. The molecule has 0 aliphatic carbocycles. The van der Waals surface area contributed by atoms with E-state index in [-0.39, 0.29) is 5.82 Å². The van der Waals surface area contributed by atoms with Gasteiger partial charge >= 0.3 is 0 Å². The number of hydrogen-bond donors (Lipinski definition) is 0. The van der Waals surface area contributed by atoms with E-state index in [1.807, 2.05) is 36.2 Å². The predicted octanol–water partition coefficient (Wildman–Crippen LogP) is 3.94. The molecular formula is C17H14FN3S. The van der Waals surface area contributed by atoms with Gasteiger partial charge in [0, 0.05) is 12.1 Å². The molecule has 1 heterocycles. The van der Waals surface area contributed by atoms with E-state index in [9.17, 15) is 4.39 Å². The topological polar surface area (TPSA) is 39.9 Å². The van der Waals surface area contributed by atoms with Gasteiger partial charge in [-0.05, 0) is 31.3 Å². The number of halogens is 1. The van der Waals surface area contributed by atoms with Crippen LogP contribution in [0, 0.1) is 17.1 Å². The first kappa shape index (κ1) is 14.6. The van der Waals surface area contributed by atoms with Crippen molar-refractivity contribution in [1.29, 1.82) is 5.26 Å². The minimum Gasteiger partial charge on any atom is -0.295 e. The van der Waals surface area contributed by atoms with Crippen molar-refractivity contribution in [3.05, 3.63) is 64.4 Å². The first-order valence-corrected chi connectivity index (χ1v) is 7.69. The number of aromatic nitrogens is 1. The Labute approximate surface area is 132 Å². The first-order valence-electron chi connectivity index (χ1n) is 6.87. The van der Waals surface area contributed by atoms with Gasteiger partial charge in [-0.25, -0.2) is 9.37 Å². The van der Waals surface area contributed by atoms with Crippen molar-refractivity contribution < 1.29 is 4.39 Å². The largest absolute Gasteiger partial charge is 0.295 e. The molecule has 5 heteroatoms. The Bertz CT molecular complexity index is 817. The Morgan fingerprint density at radius 2 is 2.05 bits per heavy atom. The number of hydrogen-bond acceptors (Lipinski definition) is 4. The molecule has 110 valence electrons. The number of nitrogens with zero attached hydrogens (tertiary/aromatic N) is 3. The van der Waals surface area contributed by atoms with Crippen LogP contribution in [0.15, 0.2) is 42.5 Å². The normalized spacial score (nSPS) is 11.0. The van der Waals surface area contributed by atoms with E-state index in [1.165, 1.54) is 6.07 Å². The van der Waals surface area contributed by atoms with E-state index in [2.05, 4.69) is 11.1 Å². The zero-order valence-corrected chi connectivity index (χ0v) is 12.9. The standard InChI is InChI=1S/C17H14FN3S/c1-21(10-13-7-6-12(9-19)8-14(13)18)11-17-20-15-4-2-3-5-16(15)22-17/h2-8H,10-11H2,1H3. The highest BCUT2D eigenvalue weighted by atomic mass is 32.1. The van der Waals surface area contributed by atoms with Gasteiger partial charge in [-0.2, -0.15) is 5.26 Å². The van der Waals surface area contributed by atoms with Crippen LogP contribution in [-0.2, 0) is 13.1 Å². The number of para-hydroxylation sites is 1. The average molecular weight is 311 g/mol. The van der Waals surface area contributed by atoms with Crippen LogP contribution in [0.3, 0.4) is 0 Å². The number of nitriles is 1. The fourth-order valence-corrected chi connectivity index (χ4v) is 3.36. The van der Waals surface area contributed by atoms with Gasteiger partial charge in [-0.15, -0.1) is 11.3 Å². The molecule has 0 radical (unpaired) electrons. The molecule has 0 aliphatic rings. The molecule has 0 bridgehead atoms. The monoisotopic (exact) mass is 311 g/mol. The molecule has 0 atom stereocenters. The van der Waals surface area contributed by atoms with Gasteiger partial charge in [0.15, 0.2) is 0 Å². The van der Waals surface area contributed by atoms with Crippen LogP contribution in [0.4, 0.5) is 4.39 Å². The van der Waals surface area contributed by atoms with Crippen molar-refractivity contribution in [1.82, 2.24) is 9.88 Å². The predicted molar refractivity (Wildman–Crippen MR) is 85.9 cm³/mol. The maximum Gasteiger partial charge on any atom is 0.129 e. The first-order chi connectivity index (χ1) is 10.7. The van der Waals surface area contributed by atoms with Crippen LogP contribution >= 0.6 is 11.3 Å². The summed E-state index contributed by atoms with van der Waals surface area (Å²) in [4.78, 5) is 6.60. The van der Waals surface area contributed by atoms with Crippen molar-refractivity contribution in [2.45, 2.75) is 13.1 Å². The Balaban J connectivity index is 1.72. The van der Waals surface area contributed by atoms with Crippen molar-refractivity contribution >= 4 is 21.6 Å². The highest BCUT2D eigenvalue weighted by molar-refractivity contribution is 7.18. The summed E-state index contributed by atoms with van der Waals surface area (Å²) in [7, 11) is 1.93. The van der Waals surface area contributed by atoms with Crippen molar-refractivity contribution in [3.63, 3.8) is 0 Å². The maximum absolute atomic E-state index is 13.9.